The third kappa shape index (κ3) is 3.61. The lowest BCUT2D eigenvalue weighted by Gasteiger charge is -2.12. The molecule has 0 unspecified atom stereocenters. The van der Waals surface area contributed by atoms with Crippen LogP contribution in [0.5, 0.6) is 11.5 Å². The number of hydrogen-bond acceptors (Lipinski definition) is 4. The third-order valence-corrected chi connectivity index (χ3v) is 2.92. The lowest BCUT2D eigenvalue weighted by Crippen LogP contribution is -2.01. The van der Waals surface area contributed by atoms with Crippen LogP contribution >= 0.6 is 0 Å². The van der Waals surface area contributed by atoms with Crippen molar-refractivity contribution < 1.29 is 14.3 Å². The lowest BCUT2D eigenvalue weighted by atomic mass is 10.1. The molecule has 0 aromatic heterocycles. The van der Waals surface area contributed by atoms with E-state index in [-0.39, 0.29) is 6.61 Å². The highest BCUT2D eigenvalue weighted by Crippen LogP contribution is 2.29. The zero-order valence-electron chi connectivity index (χ0n) is 11.7. The summed E-state index contributed by atoms with van der Waals surface area (Å²) in [7, 11) is 0. The van der Waals surface area contributed by atoms with Gasteiger partial charge in [-0.05, 0) is 31.2 Å². The van der Waals surface area contributed by atoms with Crippen LogP contribution in [0.2, 0.25) is 0 Å². The number of ether oxygens (including phenoxy) is 2. The highest BCUT2D eigenvalue weighted by molar-refractivity contribution is 5.76. The number of rotatable bonds is 6. The van der Waals surface area contributed by atoms with Gasteiger partial charge in [0.05, 0.1) is 18.2 Å². The molecule has 0 amide bonds. The summed E-state index contributed by atoms with van der Waals surface area (Å²) in [4.78, 5) is 10.8. The second kappa shape index (κ2) is 7.11. The Bertz CT molecular complexity index is 674. The molecule has 0 aliphatic carbocycles. The van der Waals surface area contributed by atoms with Crippen LogP contribution < -0.4 is 9.47 Å². The average Bonchev–Trinajstić information content (AvgIpc) is 2.54. The van der Waals surface area contributed by atoms with Gasteiger partial charge in [0.15, 0.2) is 11.5 Å². The van der Waals surface area contributed by atoms with E-state index in [9.17, 15) is 4.79 Å². The monoisotopic (exact) mass is 281 g/mol. The summed E-state index contributed by atoms with van der Waals surface area (Å²) in [5, 5.41) is 9.05. The predicted octanol–water partition coefficient (Wildman–Crippen LogP) is 3.35. The topological polar surface area (TPSA) is 59.3 Å². The van der Waals surface area contributed by atoms with Gasteiger partial charge in [-0.1, -0.05) is 18.2 Å². The maximum Gasteiger partial charge on any atom is 0.161 e. The second-order valence-corrected chi connectivity index (χ2v) is 4.31. The van der Waals surface area contributed by atoms with Gasteiger partial charge in [0, 0.05) is 11.1 Å². The maximum atomic E-state index is 10.8. The first-order valence-corrected chi connectivity index (χ1v) is 6.61. The largest absolute Gasteiger partial charge is 0.490 e. The van der Waals surface area contributed by atoms with Gasteiger partial charge in [-0.15, -0.1) is 0 Å². The highest BCUT2D eigenvalue weighted by atomic mass is 16.5. The van der Waals surface area contributed by atoms with Crippen LogP contribution in [0.15, 0.2) is 42.5 Å². The Balaban J connectivity index is 2.19. The van der Waals surface area contributed by atoms with Crippen molar-refractivity contribution in [2.24, 2.45) is 0 Å². The van der Waals surface area contributed by atoms with E-state index >= 15 is 0 Å². The van der Waals surface area contributed by atoms with E-state index in [0.717, 1.165) is 11.8 Å². The summed E-state index contributed by atoms with van der Waals surface area (Å²) in [6.45, 7) is 2.61. The Kier molecular flexibility index (Phi) is 4.94. The number of aldehydes is 1. The first kappa shape index (κ1) is 14.6. The van der Waals surface area contributed by atoms with E-state index in [2.05, 4.69) is 6.07 Å². The molecule has 106 valence electrons. The molecule has 0 atom stereocenters. The lowest BCUT2D eigenvalue weighted by molar-refractivity contribution is 0.112. The first-order valence-electron chi connectivity index (χ1n) is 6.61. The molecule has 0 N–H and O–H groups in total. The molecular formula is C17H15NO3. The zero-order chi connectivity index (χ0) is 15.1. The molecule has 0 saturated heterocycles. The Morgan fingerprint density at radius 1 is 1.14 bits per heavy atom. The number of nitriles is 1. The van der Waals surface area contributed by atoms with Crippen LogP contribution in [-0.2, 0) is 6.61 Å². The molecule has 2 rings (SSSR count). The van der Waals surface area contributed by atoms with E-state index < -0.39 is 0 Å². The van der Waals surface area contributed by atoms with E-state index in [4.69, 9.17) is 14.7 Å². The minimum atomic E-state index is 0.268. The zero-order valence-corrected chi connectivity index (χ0v) is 11.7. The van der Waals surface area contributed by atoms with Crippen molar-refractivity contribution in [1.82, 2.24) is 0 Å². The molecule has 2 aromatic rings. The van der Waals surface area contributed by atoms with Crippen molar-refractivity contribution in [2.75, 3.05) is 6.61 Å². The van der Waals surface area contributed by atoms with Crippen LogP contribution in [0.1, 0.15) is 28.4 Å². The smallest absolute Gasteiger partial charge is 0.161 e. The fourth-order valence-corrected chi connectivity index (χ4v) is 1.90. The third-order valence-electron chi connectivity index (χ3n) is 2.92. The normalized spacial score (nSPS) is 9.71. The van der Waals surface area contributed by atoms with Crippen molar-refractivity contribution in [2.45, 2.75) is 13.5 Å². The Hall–Kier alpha value is -2.80. The fraction of sp³-hybridized carbons (Fsp3) is 0.176. The molecule has 0 saturated carbocycles. The van der Waals surface area contributed by atoms with E-state index in [1.54, 1.807) is 24.3 Å². The summed E-state index contributed by atoms with van der Waals surface area (Å²) < 4.78 is 11.2. The molecule has 0 radical (unpaired) electrons. The molecule has 0 heterocycles. The van der Waals surface area contributed by atoms with Gasteiger partial charge in [0.25, 0.3) is 0 Å². The summed E-state index contributed by atoms with van der Waals surface area (Å²) in [5.41, 5.74) is 1.92. The first-order chi connectivity index (χ1) is 10.3. The standard InChI is InChI=1S/C17H15NO3/c1-2-20-17-9-13(11-19)7-8-16(17)21-12-15-6-4-3-5-14(15)10-18/h3-9,11H,2,12H2,1H3. The SMILES string of the molecule is CCOc1cc(C=O)ccc1OCc1ccccc1C#N. The summed E-state index contributed by atoms with van der Waals surface area (Å²) >= 11 is 0. The number of carbonyl (C=O) groups excluding carboxylic acids is 1. The van der Waals surface area contributed by atoms with Gasteiger partial charge in [-0.25, -0.2) is 0 Å². The molecule has 2 aromatic carbocycles. The van der Waals surface area contributed by atoms with Crippen molar-refractivity contribution in [1.29, 1.82) is 5.26 Å². The van der Waals surface area contributed by atoms with Crippen LogP contribution in [0, 0.1) is 11.3 Å². The van der Waals surface area contributed by atoms with E-state index in [1.165, 1.54) is 0 Å². The second-order valence-electron chi connectivity index (χ2n) is 4.31. The van der Waals surface area contributed by atoms with Crippen LogP contribution in [-0.4, -0.2) is 12.9 Å². The Morgan fingerprint density at radius 3 is 2.67 bits per heavy atom. The molecule has 4 nitrogen and oxygen atoms in total. The fourth-order valence-electron chi connectivity index (χ4n) is 1.90. The van der Waals surface area contributed by atoms with Gasteiger partial charge in [0.1, 0.15) is 12.9 Å². The summed E-state index contributed by atoms with van der Waals surface area (Å²) in [6, 6.07) is 14.4. The van der Waals surface area contributed by atoms with Gasteiger partial charge in [0.2, 0.25) is 0 Å². The molecule has 21 heavy (non-hydrogen) atoms. The van der Waals surface area contributed by atoms with Crippen molar-refractivity contribution in [3.63, 3.8) is 0 Å². The molecule has 0 aliphatic rings. The Labute approximate surface area is 123 Å². The molecule has 4 heteroatoms. The highest BCUT2D eigenvalue weighted by Gasteiger charge is 2.08. The summed E-state index contributed by atoms with van der Waals surface area (Å²) in [5.74, 6) is 1.08. The Morgan fingerprint density at radius 2 is 1.95 bits per heavy atom. The van der Waals surface area contributed by atoms with Gasteiger partial charge >= 0.3 is 0 Å². The van der Waals surface area contributed by atoms with Crippen molar-refractivity contribution in [3.8, 4) is 17.6 Å². The molecular weight excluding hydrogens is 266 g/mol. The predicted molar refractivity (Wildman–Crippen MR) is 78.5 cm³/mol. The van der Waals surface area contributed by atoms with Crippen molar-refractivity contribution in [3.05, 3.63) is 59.2 Å². The van der Waals surface area contributed by atoms with Gasteiger partial charge < -0.3 is 9.47 Å². The minimum absolute atomic E-state index is 0.268. The van der Waals surface area contributed by atoms with Crippen LogP contribution in [0.25, 0.3) is 0 Å². The van der Waals surface area contributed by atoms with Crippen molar-refractivity contribution >= 4 is 6.29 Å². The quantitative estimate of drug-likeness (QED) is 0.762. The van der Waals surface area contributed by atoms with Gasteiger partial charge in [-0.3, -0.25) is 4.79 Å². The number of benzene rings is 2. The summed E-state index contributed by atoms with van der Waals surface area (Å²) in [6.07, 6.45) is 0.761. The van der Waals surface area contributed by atoms with Crippen LogP contribution in [0.3, 0.4) is 0 Å². The van der Waals surface area contributed by atoms with Crippen LogP contribution in [0.4, 0.5) is 0 Å². The maximum absolute atomic E-state index is 10.8. The van der Waals surface area contributed by atoms with E-state index in [0.29, 0.717) is 29.2 Å². The van der Waals surface area contributed by atoms with E-state index in [1.807, 2.05) is 25.1 Å². The molecule has 0 bridgehead atoms. The molecule has 0 spiro atoms. The number of hydrogen-bond donors (Lipinski definition) is 0. The van der Waals surface area contributed by atoms with Gasteiger partial charge in [-0.2, -0.15) is 5.26 Å². The average molecular weight is 281 g/mol. The molecule has 0 fully saturated rings. The molecule has 0 aliphatic heterocycles. The minimum Gasteiger partial charge on any atom is -0.490 e. The number of nitrogens with zero attached hydrogens (tertiary/aromatic N) is 1. The number of carbonyl (C=O) groups is 1.